The first-order chi connectivity index (χ1) is 11.1. The molecule has 7 nitrogen and oxygen atoms in total. The minimum Gasteiger partial charge on any atom is -0.348 e. The number of nitrogens with two attached hydrogens (primary N) is 1. The van der Waals surface area contributed by atoms with Crippen molar-refractivity contribution in [1.29, 1.82) is 0 Å². The van der Waals surface area contributed by atoms with Gasteiger partial charge in [0.25, 0.3) is 5.91 Å². The minimum absolute atomic E-state index is 0.0353. The number of urea groups is 1. The number of hydrogen-bond donors (Lipinski definition) is 3. The third-order valence-electron chi connectivity index (χ3n) is 4.26. The Morgan fingerprint density at radius 3 is 2.52 bits per heavy atom. The van der Waals surface area contributed by atoms with Gasteiger partial charge in [0.05, 0.1) is 13.1 Å². The van der Waals surface area contributed by atoms with Gasteiger partial charge in [-0.25, -0.2) is 4.79 Å². The number of nitrogens with one attached hydrogen (secondary N) is 2. The average molecular weight is 316 g/mol. The van der Waals surface area contributed by atoms with Crippen LogP contribution in [0.15, 0.2) is 24.3 Å². The van der Waals surface area contributed by atoms with E-state index in [-0.39, 0.29) is 37.0 Å². The molecule has 23 heavy (non-hydrogen) atoms. The van der Waals surface area contributed by atoms with E-state index < -0.39 is 0 Å². The summed E-state index contributed by atoms with van der Waals surface area (Å²) in [7, 11) is 0. The molecule has 0 aromatic heterocycles. The van der Waals surface area contributed by atoms with Crippen molar-refractivity contribution in [2.24, 2.45) is 11.7 Å². The second kappa shape index (κ2) is 6.37. The van der Waals surface area contributed by atoms with Crippen LogP contribution in [0.4, 0.5) is 4.79 Å². The van der Waals surface area contributed by atoms with Crippen molar-refractivity contribution in [1.82, 2.24) is 15.5 Å². The Hall–Kier alpha value is -2.41. The quantitative estimate of drug-likeness (QED) is 0.652. The highest BCUT2D eigenvalue weighted by atomic mass is 16.2. The van der Waals surface area contributed by atoms with E-state index >= 15 is 0 Å². The van der Waals surface area contributed by atoms with Gasteiger partial charge in [-0.2, -0.15) is 0 Å². The van der Waals surface area contributed by atoms with E-state index in [1.165, 1.54) is 0 Å². The molecule has 3 rings (SSSR count). The summed E-state index contributed by atoms with van der Waals surface area (Å²) in [5.74, 6) is 0.115. The topological polar surface area (TPSA) is 105 Å². The van der Waals surface area contributed by atoms with Crippen molar-refractivity contribution < 1.29 is 14.4 Å². The third-order valence-corrected chi connectivity index (χ3v) is 4.26. The Bertz CT molecular complexity index is 609. The fourth-order valence-corrected chi connectivity index (χ4v) is 2.68. The molecule has 4 amide bonds. The number of amides is 4. The maximum Gasteiger partial charge on any atom is 0.324 e. The molecule has 0 radical (unpaired) electrons. The molecule has 1 saturated carbocycles. The number of rotatable bonds is 6. The van der Waals surface area contributed by atoms with E-state index in [0.717, 1.165) is 23.3 Å². The highest BCUT2D eigenvalue weighted by Gasteiger charge is 2.31. The molecular weight excluding hydrogens is 296 g/mol. The molecule has 2 aliphatic rings. The van der Waals surface area contributed by atoms with Gasteiger partial charge in [0.15, 0.2) is 0 Å². The van der Waals surface area contributed by atoms with Crippen LogP contribution in [0, 0.1) is 5.92 Å². The minimum atomic E-state index is -0.382. The standard InChI is InChI=1S/C16H20N4O3/c17-7-13(11-5-6-11)19-15(22)12-3-1-10(2-4-12)9-20-14(21)8-18-16(20)23/h1-4,11,13H,5-9,17H2,(H,18,23)(H,19,22). The number of imide groups is 1. The van der Waals surface area contributed by atoms with Crippen LogP contribution in [0.1, 0.15) is 28.8 Å². The Morgan fingerprint density at radius 1 is 1.30 bits per heavy atom. The zero-order valence-electron chi connectivity index (χ0n) is 12.7. The van der Waals surface area contributed by atoms with Gasteiger partial charge in [-0.1, -0.05) is 12.1 Å². The lowest BCUT2D eigenvalue weighted by Crippen LogP contribution is -2.41. The number of carbonyl (C=O) groups excluding carboxylic acids is 3. The molecule has 1 aliphatic carbocycles. The molecular formula is C16H20N4O3. The van der Waals surface area contributed by atoms with Crippen molar-refractivity contribution in [3.05, 3.63) is 35.4 Å². The molecule has 1 saturated heterocycles. The molecule has 1 aromatic carbocycles. The first kappa shape index (κ1) is 15.5. The number of carbonyl (C=O) groups is 3. The maximum absolute atomic E-state index is 12.2. The monoisotopic (exact) mass is 316 g/mol. The van der Waals surface area contributed by atoms with E-state index in [0.29, 0.717) is 18.0 Å². The van der Waals surface area contributed by atoms with Gasteiger partial charge in [0.1, 0.15) is 0 Å². The molecule has 1 unspecified atom stereocenters. The third kappa shape index (κ3) is 3.50. The molecule has 7 heteroatoms. The van der Waals surface area contributed by atoms with Crippen molar-refractivity contribution in [3.63, 3.8) is 0 Å². The fourth-order valence-electron chi connectivity index (χ4n) is 2.68. The Morgan fingerprint density at radius 2 is 2.00 bits per heavy atom. The first-order valence-electron chi connectivity index (χ1n) is 7.76. The zero-order chi connectivity index (χ0) is 16.4. The molecule has 4 N–H and O–H groups in total. The van der Waals surface area contributed by atoms with Gasteiger partial charge in [-0.3, -0.25) is 14.5 Å². The SMILES string of the molecule is NCC(NC(=O)c1ccc(CN2C(=O)CNC2=O)cc1)C1CC1. The van der Waals surface area contributed by atoms with Gasteiger partial charge in [-0.15, -0.1) is 0 Å². The summed E-state index contributed by atoms with van der Waals surface area (Å²) in [4.78, 5) is 36.4. The first-order valence-corrected chi connectivity index (χ1v) is 7.76. The maximum atomic E-state index is 12.2. The predicted octanol–water partition coefficient (Wildman–Crippen LogP) is 0.206. The van der Waals surface area contributed by atoms with Crippen LogP contribution < -0.4 is 16.4 Å². The molecule has 122 valence electrons. The zero-order valence-corrected chi connectivity index (χ0v) is 12.7. The van der Waals surface area contributed by atoms with Crippen LogP contribution in [0.3, 0.4) is 0 Å². The van der Waals surface area contributed by atoms with Crippen molar-refractivity contribution >= 4 is 17.8 Å². The summed E-state index contributed by atoms with van der Waals surface area (Å²) in [6, 6.07) is 6.55. The summed E-state index contributed by atoms with van der Waals surface area (Å²) in [5.41, 5.74) is 7.03. The van der Waals surface area contributed by atoms with Crippen LogP contribution in [0.2, 0.25) is 0 Å². The smallest absolute Gasteiger partial charge is 0.324 e. The van der Waals surface area contributed by atoms with E-state index in [4.69, 9.17) is 5.73 Å². The van der Waals surface area contributed by atoms with Crippen molar-refractivity contribution in [2.45, 2.75) is 25.4 Å². The molecule has 1 aromatic rings. The number of nitrogens with zero attached hydrogens (tertiary/aromatic N) is 1. The van der Waals surface area contributed by atoms with Gasteiger partial charge in [0, 0.05) is 18.2 Å². The van der Waals surface area contributed by atoms with E-state index in [9.17, 15) is 14.4 Å². The van der Waals surface area contributed by atoms with Crippen LogP contribution in [-0.2, 0) is 11.3 Å². The van der Waals surface area contributed by atoms with Crippen LogP contribution in [0.5, 0.6) is 0 Å². The van der Waals surface area contributed by atoms with Gasteiger partial charge in [-0.05, 0) is 36.5 Å². The molecule has 1 atom stereocenters. The summed E-state index contributed by atoms with van der Waals surface area (Å²) in [6.45, 7) is 0.696. The molecule has 2 fully saturated rings. The predicted molar refractivity (Wildman–Crippen MR) is 83.4 cm³/mol. The summed E-state index contributed by atoms with van der Waals surface area (Å²) in [5, 5.41) is 5.43. The lowest BCUT2D eigenvalue weighted by atomic mass is 10.1. The number of hydrogen-bond acceptors (Lipinski definition) is 4. The molecule has 0 spiro atoms. The Kier molecular flexibility index (Phi) is 4.29. The molecule has 0 bridgehead atoms. The van der Waals surface area contributed by atoms with E-state index in [1.54, 1.807) is 24.3 Å². The second-order valence-electron chi connectivity index (χ2n) is 5.99. The van der Waals surface area contributed by atoms with Gasteiger partial charge >= 0.3 is 6.03 Å². The largest absolute Gasteiger partial charge is 0.348 e. The summed E-state index contributed by atoms with van der Waals surface area (Å²) < 4.78 is 0. The Labute approximate surface area is 134 Å². The van der Waals surface area contributed by atoms with Gasteiger partial charge < -0.3 is 16.4 Å². The fraction of sp³-hybridized carbons (Fsp3) is 0.438. The summed E-state index contributed by atoms with van der Waals surface area (Å²) in [6.07, 6.45) is 2.24. The van der Waals surface area contributed by atoms with E-state index in [2.05, 4.69) is 10.6 Å². The summed E-state index contributed by atoms with van der Waals surface area (Å²) >= 11 is 0. The van der Waals surface area contributed by atoms with Gasteiger partial charge in [0.2, 0.25) is 5.91 Å². The lowest BCUT2D eigenvalue weighted by Gasteiger charge is -2.16. The van der Waals surface area contributed by atoms with Crippen LogP contribution in [0.25, 0.3) is 0 Å². The van der Waals surface area contributed by atoms with E-state index in [1.807, 2.05) is 0 Å². The van der Waals surface area contributed by atoms with Crippen molar-refractivity contribution in [2.75, 3.05) is 13.1 Å². The average Bonchev–Trinajstić information content (AvgIpc) is 3.35. The normalized spacial score (nSPS) is 18.7. The van der Waals surface area contributed by atoms with Crippen LogP contribution >= 0.6 is 0 Å². The van der Waals surface area contributed by atoms with Crippen molar-refractivity contribution in [3.8, 4) is 0 Å². The lowest BCUT2D eigenvalue weighted by molar-refractivity contribution is -0.125. The molecule has 1 aliphatic heterocycles. The highest BCUT2D eigenvalue weighted by Crippen LogP contribution is 2.32. The second-order valence-corrected chi connectivity index (χ2v) is 5.99. The highest BCUT2D eigenvalue weighted by molar-refractivity contribution is 6.01. The Balaban J connectivity index is 1.61. The van der Waals surface area contributed by atoms with Crippen LogP contribution in [-0.4, -0.2) is 41.9 Å². The molecule has 1 heterocycles. The number of benzene rings is 1.